The molecule has 106 valence electrons. The first-order valence-electron chi connectivity index (χ1n) is 7.12. The number of nitrogens with one attached hydrogen (secondary N) is 1. The van der Waals surface area contributed by atoms with E-state index in [2.05, 4.69) is 34.0 Å². The maximum absolute atomic E-state index is 10.0. The van der Waals surface area contributed by atoms with Gasteiger partial charge in [-0.25, -0.2) is 9.97 Å². The van der Waals surface area contributed by atoms with Crippen LogP contribution in [-0.2, 0) is 0 Å². The summed E-state index contributed by atoms with van der Waals surface area (Å²) in [5.74, 6) is 2.22. The lowest BCUT2D eigenvalue weighted by Crippen LogP contribution is -2.43. The van der Waals surface area contributed by atoms with Crippen molar-refractivity contribution in [3.63, 3.8) is 0 Å². The second kappa shape index (κ2) is 6.19. The molecule has 1 aromatic rings. The van der Waals surface area contributed by atoms with E-state index in [9.17, 15) is 5.11 Å². The summed E-state index contributed by atoms with van der Waals surface area (Å²) in [6.45, 7) is 8.79. The van der Waals surface area contributed by atoms with Gasteiger partial charge in [-0.1, -0.05) is 13.8 Å². The fourth-order valence-electron chi connectivity index (χ4n) is 2.42. The minimum Gasteiger partial charge on any atom is -0.391 e. The zero-order valence-electron chi connectivity index (χ0n) is 12.1. The predicted octanol–water partition coefficient (Wildman–Crippen LogP) is 1.81. The summed E-state index contributed by atoms with van der Waals surface area (Å²) in [7, 11) is 0. The quantitative estimate of drug-likeness (QED) is 0.868. The van der Waals surface area contributed by atoms with Crippen molar-refractivity contribution in [2.24, 2.45) is 5.92 Å². The van der Waals surface area contributed by atoms with Gasteiger partial charge in [0.2, 0.25) is 0 Å². The first kappa shape index (κ1) is 14.1. The number of β-amino-alcohol motifs (C(OH)–C–C–N with tert-alkyl or cyclic N) is 1. The smallest absolute Gasteiger partial charge is 0.137 e. The van der Waals surface area contributed by atoms with Gasteiger partial charge in [0.05, 0.1) is 6.10 Å². The Morgan fingerprint density at radius 3 is 2.95 bits per heavy atom. The van der Waals surface area contributed by atoms with Crippen LogP contribution in [0, 0.1) is 12.8 Å². The van der Waals surface area contributed by atoms with E-state index in [1.807, 2.05) is 6.92 Å². The van der Waals surface area contributed by atoms with Crippen LogP contribution >= 0.6 is 0 Å². The molecule has 0 amide bonds. The molecule has 2 rings (SSSR count). The molecule has 0 aliphatic carbocycles. The average molecular weight is 264 g/mol. The number of anilines is 2. The van der Waals surface area contributed by atoms with Crippen LogP contribution in [0.3, 0.4) is 0 Å². The molecule has 2 atom stereocenters. The molecule has 0 bridgehead atoms. The van der Waals surface area contributed by atoms with Crippen molar-refractivity contribution in [2.45, 2.75) is 39.7 Å². The number of rotatable bonds is 4. The van der Waals surface area contributed by atoms with E-state index in [0.717, 1.165) is 43.1 Å². The molecule has 5 nitrogen and oxygen atoms in total. The molecular weight excluding hydrogens is 240 g/mol. The normalized spacial score (nSPS) is 23.5. The Morgan fingerprint density at radius 2 is 2.26 bits per heavy atom. The third kappa shape index (κ3) is 3.15. The van der Waals surface area contributed by atoms with Crippen LogP contribution in [0.1, 0.15) is 32.3 Å². The largest absolute Gasteiger partial charge is 0.391 e. The van der Waals surface area contributed by atoms with Gasteiger partial charge < -0.3 is 15.3 Å². The van der Waals surface area contributed by atoms with Crippen LogP contribution in [0.15, 0.2) is 6.33 Å². The summed E-state index contributed by atoms with van der Waals surface area (Å²) in [4.78, 5) is 10.9. The van der Waals surface area contributed by atoms with E-state index in [0.29, 0.717) is 12.5 Å². The number of hydrogen-bond acceptors (Lipinski definition) is 5. The summed E-state index contributed by atoms with van der Waals surface area (Å²) in [6.07, 6.45) is 3.40. The SMILES string of the molecule is CCCNc1ncnc(N2CCC(C)C(O)C2)c1C. The van der Waals surface area contributed by atoms with Crippen LogP contribution in [0.4, 0.5) is 11.6 Å². The number of aromatic nitrogens is 2. The molecule has 1 aliphatic heterocycles. The van der Waals surface area contributed by atoms with Crippen LogP contribution < -0.4 is 10.2 Å². The van der Waals surface area contributed by atoms with Gasteiger partial charge in [-0.15, -0.1) is 0 Å². The van der Waals surface area contributed by atoms with Gasteiger partial charge in [0.25, 0.3) is 0 Å². The van der Waals surface area contributed by atoms with Crippen molar-refractivity contribution in [1.29, 1.82) is 0 Å². The number of aliphatic hydroxyl groups excluding tert-OH is 1. The molecule has 0 spiro atoms. The topological polar surface area (TPSA) is 61.3 Å². The second-order valence-corrected chi connectivity index (χ2v) is 5.38. The molecule has 0 saturated carbocycles. The van der Waals surface area contributed by atoms with Crippen LogP contribution in [0.5, 0.6) is 0 Å². The van der Waals surface area contributed by atoms with E-state index in [4.69, 9.17) is 0 Å². The first-order valence-corrected chi connectivity index (χ1v) is 7.12. The molecule has 5 heteroatoms. The van der Waals surface area contributed by atoms with Gasteiger partial charge in [0.1, 0.15) is 18.0 Å². The Kier molecular flexibility index (Phi) is 4.58. The molecule has 1 saturated heterocycles. The molecule has 2 heterocycles. The predicted molar refractivity (Wildman–Crippen MR) is 77.6 cm³/mol. The van der Waals surface area contributed by atoms with Crippen molar-refractivity contribution in [2.75, 3.05) is 29.9 Å². The van der Waals surface area contributed by atoms with E-state index in [-0.39, 0.29) is 6.10 Å². The summed E-state index contributed by atoms with van der Waals surface area (Å²) in [5, 5.41) is 13.3. The van der Waals surface area contributed by atoms with Crippen molar-refractivity contribution in [3.05, 3.63) is 11.9 Å². The fourth-order valence-corrected chi connectivity index (χ4v) is 2.42. The zero-order valence-corrected chi connectivity index (χ0v) is 12.1. The summed E-state index contributed by atoms with van der Waals surface area (Å²) in [5.41, 5.74) is 1.07. The van der Waals surface area contributed by atoms with Gasteiger partial charge in [-0.05, 0) is 25.7 Å². The molecule has 1 aliphatic rings. The van der Waals surface area contributed by atoms with E-state index >= 15 is 0 Å². The van der Waals surface area contributed by atoms with Gasteiger partial charge in [-0.3, -0.25) is 0 Å². The maximum Gasteiger partial charge on any atom is 0.137 e. The highest BCUT2D eigenvalue weighted by Crippen LogP contribution is 2.26. The molecule has 2 N–H and O–H groups in total. The van der Waals surface area contributed by atoms with Crippen molar-refractivity contribution in [1.82, 2.24) is 9.97 Å². The highest BCUT2D eigenvalue weighted by molar-refractivity contribution is 5.58. The second-order valence-electron chi connectivity index (χ2n) is 5.38. The maximum atomic E-state index is 10.0. The third-order valence-corrected chi connectivity index (χ3v) is 3.82. The van der Waals surface area contributed by atoms with Crippen molar-refractivity contribution >= 4 is 11.6 Å². The lowest BCUT2D eigenvalue weighted by molar-refractivity contribution is 0.102. The van der Waals surface area contributed by atoms with Gasteiger partial charge in [0.15, 0.2) is 0 Å². The Hall–Kier alpha value is -1.36. The molecule has 1 fully saturated rings. The summed E-state index contributed by atoms with van der Waals surface area (Å²) < 4.78 is 0. The van der Waals surface area contributed by atoms with Gasteiger partial charge >= 0.3 is 0 Å². The van der Waals surface area contributed by atoms with E-state index < -0.39 is 0 Å². The van der Waals surface area contributed by atoms with E-state index in [1.165, 1.54) is 0 Å². The van der Waals surface area contributed by atoms with Crippen molar-refractivity contribution < 1.29 is 5.11 Å². The number of aliphatic hydroxyl groups is 1. The minimum absolute atomic E-state index is 0.268. The average Bonchev–Trinajstić information content (AvgIpc) is 2.41. The number of piperidine rings is 1. The molecular formula is C14H24N4O. The lowest BCUT2D eigenvalue weighted by Gasteiger charge is -2.35. The minimum atomic E-state index is -0.268. The third-order valence-electron chi connectivity index (χ3n) is 3.82. The standard InChI is InChI=1S/C14H24N4O/c1-4-6-15-13-11(3)14(17-9-16-13)18-7-5-10(2)12(19)8-18/h9-10,12,19H,4-8H2,1-3H3,(H,15,16,17). The monoisotopic (exact) mass is 264 g/mol. The molecule has 0 aromatic carbocycles. The van der Waals surface area contributed by atoms with Crippen LogP contribution in [-0.4, -0.2) is 40.8 Å². The molecule has 2 unspecified atom stereocenters. The first-order chi connectivity index (χ1) is 9.13. The zero-order chi connectivity index (χ0) is 13.8. The van der Waals surface area contributed by atoms with Gasteiger partial charge in [0, 0.05) is 25.2 Å². The van der Waals surface area contributed by atoms with Crippen molar-refractivity contribution in [3.8, 4) is 0 Å². The van der Waals surface area contributed by atoms with E-state index in [1.54, 1.807) is 6.33 Å². The highest BCUT2D eigenvalue weighted by Gasteiger charge is 2.26. The Balaban J connectivity index is 2.16. The van der Waals surface area contributed by atoms with Crippen LogP contribution in [0.25, 0.3) is 0 Å². The molecule has 19 heavy (non-hydrogen) atoms. The molecule has 1 aromatic heterocycles. The summed E-state index contributed by atoms with van der Waals surface area (Å²) in [6, 6.07) is 0. The van der Waals surface area contributed by atoms with Gasteiger partial charge in [-0.2, -0.15) is 0 Å². The fraction of sp³-hybridized carbons (Fsp3) is 0.714. The number of hydrogen-bond donors (Lipinski definition) is 2. The Labute approximate surface area is 115 Å². The van der Waals surface area contributed by atoms with Crippen LogP contribution in [0.2, 0.25) is 0 Å². The number of nitrogens with zero attached hydrogens (tertiary/aromatic N) is 3. The summed E-state index contributed by atoms with van der Waals surface area (Å²) >= 11 is 0. The Bertz CT molecular complexity index is 424. The highest BCUT2D eigenvalue weighted by atomic mass is 16.3. The molecule has 0 radical (unpaired) electrons. The Morgan fingerprint density at radius 1 is 1.47 bits per heavy atom. The lowest BCUT2D eigenvalue weighted by atomic mass is 9.96.